The molecule has 0 aliphatic rings. The van der Waals surface area contributed by atoms with Gasteiger partial charge in [-0.1, -0.05) is 107 Å². The van der Waals surface area contributed by atoms with E-state index in [1.54, 1.807) is 0 Å². The Kier molecular flexibility index (Phi) is 10.1. The van der Waals surface area contributed by atoms with Crippen molar-refractivity contribution in [2.75, 3.05) is 0 Å². The van der Waals surface area contributed by atoms with Gasteiger partial charge in [-0.05, 0) is 80.0 Å². The van der Waals surface area contributed by atoms with Crippen molar-refractivity contribution in [2.24, 2.45) is 0 Å². The quantitative estimate of drug-likeness (QED) is 0.616. The molecule has 0 atom stereocenters. The third kappa shape index (κ3) is 6.32. The Bertz CT molecular complexity index is 876. The van der Waals surface area contributed by atoms with E-state index in [-0.39, 0.29) is 70.9 Å². The first-order valence-corrected chi connectivity index (χ1v) is 11.8. The fraction of sp³-hybridized carbons (Fsp3) is 0.600. The van der Waals surface area contributed by atoms with Gasteiger partial charge in [-0.25, -0.2) is 0 Å². The molecule has 0 amide bonds. The Hall–Kier alpha value is -0.765. The number of rotatable bonds is 1. The van der Waals surface area contributed by atoms with Gasteiger partial charge >= 0.3 is 37.7 Å². The molecule has 0 aliphatic carbocycles. The summed E-state index contributed by atoms with van der Waals surface area (Å²) in [6.07, 6.45) is 0. The molecule has 2 aromatic carbocycles. The molecule has 0 aliphatic heterocycles. The zero-order chi connectivity index (χ0) is 25.2. The van der Waals surface area contributed by atoms with Crippen molar-refractivity contribution in [1.82, 2.24) is 0 Å². The fourth-order valence-electron chi connectivity index (χ4n) is 4.79. The van der Waals surface area contributed by atoms with Gasteiger partial charge in [-0.15, -0.1) is 0 Å². The normalized spacial score (nSPS) is 12.8. The Labute approximate surface area is 233 Å². The minimum atomic E-state index is -0.315. The van der Waals surface area contributed by atoms with Crippen molar-refractivity contribution >= 4 is 0 Å². The topological polar surface area (TPSA) is 46.1 Å². The SMILES string of the molecule is Cc1c(C(C)(C)C)cc(C(C)(C)C)c([O-])c1-c1c(C)c(C(C)(C)C)cc(C(C)(C)C)c1[O-].[Li+].[Li+]. The van der Waals surface area contributed by atoms with E-state index in [1.165, 1.54) is 0 Å². The van der Waals surface area contributed by atoms with Crippen molar-refractivity contribution < 1.29 is 47.9 Å². The molecule has 2 nitrogen and oxygen atoms in total. The minimum absolute atomic E-state index is 0. The van der Waals surface area contributed by atoms with E-state index < -0.39 is 0 Å². The summed E-state index contributed by atoms with van der Waals surface area (Å²) < 4.78 is 0. The van der Waals surface area contributed by atoms with Gasteiger partial charge in [0.25, 0.3) is 0 Å². The van der Waals surface area contributed by atoms with Gasteiger partial charge in [0.15, 0.2) is 0 Å². The number of hydrogen-bond donors (Lipinski definition) is 0. The largest absolute Gasteiger partial charge is 1.00 e. The molecular formula is C30H44Li2O2. The van der Waals surface area contributed by atoms with Gasteiger partial charge < -0.3 is 10.2 Å². The Morgan fingerprint density at radius 2 is 0.647 bits per heavy atom. The fourth-order valence-corrected chi connectivity index (χ4v) is 4.79. The second-order valence-corrected chi connectivity index (χ2v) is 13.6. The van der Waals surface area contributed by atoms with Crippen LogP contribution in [0.2, 0.25) is 0 Å². The second kappa shape index (κ2) is 10.3. The predicted molar refractivity (Wildman–Crippen MR) is 135 cm³/mol. The molecule has 0 saturated heterocycles. The van der Waals surface area contributed by atoms with Crippen molar-refractivity contribution in [2.45, 2.75) is 119 Å². The molecule has 0 aromatic heterocycles. The molecule has 0 saturated carbocycles. The summed E-state index contributed by atoms with van der Waals surface area (Å²) in [4.78, 5) is 0. The van der Waals surface area contributed by atoms with Gasteiger partial charge in [0, 0.05) is 0 Å². The maximum absolute atomic E-state index is 14.0. The van der Waals surface area contributed by atoms with E-state index in [0.717, 1.165) is 33.4 Å². The van der Waals surface area contributed by atoms with Crippen LogP contribution in [0.15, 0.2) is 12.1 Å². The van der Waals surface area contributed by atoms with Gasteiger partial charge in [0.05, 0.1) is 0 Å². The summed E-state index contributed by atoms with van der Waals surface area (Å²) in [5, 5.41) is 28.0. The van der Waals surface area contributed by atoms with Gasteiger partial charge in [0.2, 0.25) is 0 Å². The third-order valence-electron chi connectivity index (χ3n) is 6.56. The summed E-state index contributed by atoms with van der Waals surface area (Å²) in [7, 11) is 0. The van der Waals surface area contributed by atoms with E-state index in [1.807, 2.05) is 13.8 Å². The Morgan fingerprint density at radius 3 is 0.824 bits per heavy atom. The van der Waals surface area contributed by atoms with Crippen LogP contribution in [0.3, 0.4) is 0 Å². The molecule has 34 heavy (non-hydrogen) atoms. The van der Waals surface area contributed by atoms with Gasteiger partial charge in [-0.3, -0.25) is 0 Å². The van der Waals surface area contributed by atoms with Crippen LogP contribution in [-0.2, 0) is 21.7 Å². The van der Waals surface area contributed by atoms with Crippen LogP contribution in [0.25, 0.3) is 11.1 Å². The molecular weight excluding hydrogens is 406 g/mol. The maximum atomic E-state index is 14.0. The van der Waals surface area contributed by atoms with Crippen molar-refractivity contribution in [3.05, 3.63) is 45.5 Å². The van der Waals surface area contributed by atoms with Crippen LogP contribution in [-0.4, -0.2) is 0 Å². The van der Waals surface area contributed by atoms with E-state index in [9.17, 15) is 10.2 Å². The smallest absolute Gasteiger partial charge is 0.872 e. The average Bonchev–Trinajstić information content (AvgIpc) is 2.52. The van der Waals surface area contributed by atoms with Crippen LogP contribution in [0.4, 0.5) is 0 Å². The summed E-state index contributed by atoms with van der Waals surface area (Å²) in [6, 6.07) is 4.17. The van der Waals surface area contributed by atoms with E-state index in [2.05, 4.69) is 95.2 Å². The molecule has 0 radical (unpaired) electrons. The first-order valence-electron chi connectivity index (χ1n) is 11.8. The van der Waals surface area contributed by atoms with Crippen LogP contribution < -0.4 is 47.9 Å². The van der Waals surface area contributed by atoms with E-state index >= 15 is 0 Å². The van der Waals surface area contributed by atoms with Crippen molar-refractivity contribution in [1.29, 1.82) is 0 Å². The Morgan fingerprint density at radius 1 is 0.441 bits per heavy atom. The first kappa shape index (κ1) is 33.2. The monoisotopic (exact) mass is 450 g/mol. The molecule has 0 heterocycles. The summed E-state index contributed by atoms with van der Waals surface area (Å²) in [6.45, 7) is 29.5. The molecule has 0 N–H and O–H groups in total. The Balaban J connectivity index is 0.00000544. The van der Waals surface area contributed by atoms with Crippen molar-refractivity contribution in [3.63, 3.8) is 0 Å². The van der Waals surface area contributed by atoms with Crippen LogP contribution >= 0.6 is 0 Å². The van der Waals surface area contributed by atoms with E-state index in [4.69, 9.17) is 0 Å². The predicted octanol–water partition coefficient (Wildman–Crippen LogP) is 1.32. The van der Waals surface area contributed by atoms with Gasteiger partial charge in [-0.2, -0.15) is 0 Å². The van der Waals surface area contributed by atoms with Crippen LogP contribution in [0.5, 0.6) is 11.5 Å². The number of benzene rings is 2. The molecule has 0 fully saturated rings. The minimum Gasteiger partial charge on any atom is -0.872 e. The van der Waals surface area contributed by atoms with E-state index in [0.29, 0.717) is 11.1 Å². The molecule has 0 spiro atoms. The summed E-state index contributed by atoms with van der Waals surface area (Å²) in [5.74, 6) is -0.0109. The zero-order valence-electron chi connectivity index (χ0n) is 25.0. The average molecular weight is 451 g/mol. The molecule has 2 aromatic rings. The van der Waals surface area contributed by atoms with Crippen LogP contribution in [0.1, 0.15) is 116 Å². The molecule has 0 bridgehead atoms. The summed E-state index contributed by atoms with van der Waals surface area (Å²) >= 11 is 0. The van der Waals surface area contributed by atoms with Crippen molar-refractivity contribution in [3.8, 4) is 22.6 Å². The molecule has 2 rings (SSSR count). The molecule has 0 unspecified atom stereocenters. The second-order valence-electron chi connectivity index (χ2n) is 13.6. The summed E-state index contributed by atoms with van der Waals surface area (Å²) in [5.41, 5.74) is 5.97. The number of hydrogen-bond acceptors (Lipinski definition) is 2. The molecule has 178 valence electrons. The standard InChI is InChI=1S/C30H46O2.2Li/c1-17-19(27(3,4)5)15-21(29(9,10)11)25(31)23(17)24-18(2)20(28(6,7)8)16-22(26(24)32)30(12,13)14;;/h15-16,31-32H,1-14H3;;/q;2*+1/p-2. The van der Waals surface area contributed by atoms with Crippen LogP contribution in [0, 0.1) is 13.8 Å². The third-order valence-corrected chi connectivity index (χ3v) is 6.56. The zero-order valence-corrected chi connectivity index (χ0v) is 25.0. The maximum Gasteiger partial charge on any atom is 1.00 e. The molecule has 4 heteroatoms. The first-order chi connectivity index (χ1) is 14.1. The van der Waals surface area contributed by atoms with Gasteiger partial charge in [0.1, 0.15) is 0 Å².